The standard InChI is InChI=1S/C26H34N4O7/c1-28(2)8-9-30(5)15-6-7-16(31)18-13(15)10-12-11-14-20(29(3)4)22(33)19(25(27)36)24(35)26(14,37)23(34)17(12)21(18)32/h6-7,12,14,20,31-32,35,37H,8-11H2,1-5H3,(H2,27,36)/t12-,14-,20?,26-/m0/s1. The van der Waals surface area contributed by atoms with Gasteiger partial charge in [0.05, 0.1) is 11.6 Å². The normalized spacial score (nSPS) is 27.4. The SMILES string of the molecule is CN(C)CCN(C)c1ccc(O)c2c1C[C@H]1C[C@H]3C(N(C)C)C(=O)C(C(N)=O)=C(O)[C@@]3(O)C(=O)C1=C2O. The zero-order valence-electron chi connectivity index (χ0n) is 21.6. The van der Waals surface area contributed by atoms with Crippen LogP contribution in [0.2, 0.25) is 0 Å². The molecule has 11 heteroatoms. The molecule has 1 amide bonds. The minimum absolute atomic E-state index is 0.0578. The predicted octanol–water partition coefficient (Wildman–Crippen LogP) is -0.0382. The molecule has 6 N–H and O–H groups in total. The highest BCUT2D eigenvalue weighted by atomic mass is 16.3. The molecule has 4 rings (SSSR count). The number of amides is 1. The van der Waals surface area contributed by atoms with Gasteiger partial charge in [0, 0.05) is 37.3 Å². The van der Waals surface area contributed by atoms with Crippen molar-refractivity contribution in [2.45, 2.75) is 24.5 Å². The van der Waals surface area contributed by atoms with Crippen LogP contribution < -0.4 is 10.6 Å². The van der Waals surface area contributed by atoms with Crippen LogP contribution in [0.4, 0.5) is 5.69 Å². The number of primary amides is 1. The van der Waals surface area contributed by atoms with Crippen molar-refractivity contribution >= 4 is 28.9 Å². The number of aliphatic hydroxyl groups is 3. The molecule has 1 saturated carbocycles. The summed E-state index contributed by atoms with van der Waals surface area (Å²) < 4.78 is 0. The number of rotatable bonds is 6. The number of carbonyl (C=O) groups excluding carboxylic acids is 3. The predicted molar refractivity (Wildman–Crippen MR) is 136 cm³/mol. The fourth-order valence-electron chi connectivity index (χ4n) is 6.06. The second-order valence-corrected chi connectivity index (χ2v) is 10.6. The number of aliphatic hydroxyl groups excluding tert-OH is 2. The highest BCUT2D eigenvalue weighted by Gasteiger charge is 2.64. The maximum atomic E-state index is 13.9. The smallest absolute Gasteiger partial charge is 0.255 e. The van der Waals surface area contributed by atoms with Crippen molar-refractivity contribution in [1.29, 1.82) is 0 Å². The number of aromatic hydroxyl groups is 1. The number of hydrogen-bond acceptors (Lipinski definition) is 10. The molecule has 0 heterocycles. The van der Waals surface area contributed by atoms with E-state index in [1.165, 1.54) is 11.0 Å². The molecule has 37 heavy (non-hydrogen) atoms. The van der Waals surface area contributed by atoms with Gasteiger partial charge in [-0.1, -0.05) is 0 Å². The largest absolute Gasteiger partial charge is 0.508 e. The van der Waals surface area contributed by atoms with Crippen molar-refractivity contribution in [1.82, 2.24) is 9.80 Å². The number of nitrogens with two attached hydrogens (primary N) is 1. The molecule has 0 aliphatic heterocycles. The molecule has 0 aromatic heterocycles. The van der Waals surface area contributed by atoms with Crippen LogP contribution in [0.3, 0.4) is 0 Å². The zero-order valence-corrected chi connectivity index (χ0v) is 21.6. The number of nitrogens with zero attached hydrogens (tertiary/aromatic N) is 3. The lowest BCUT2D eigenvalue weighted by Gasteiger charge is -2.50. The van der Waals surface area contributed by atoms with Gasteiger partial charge in [0.15, 0.2) is 11.4 Å². The second kappa shape index (κ2) is 9.16. The molecule has 1 fully saturated rings. The number of Topliss-reactive ketones (excluding diaryl/α,β-unsaturated/α-hetero) is 2. The molecule has 0 radical (unpaired) electrons. The first-order valence-corrected chi connectivity index (χ1v) is 12.1. The minimum atomic E-state index is -2.64. The summed E-state index contributed by atoms with van der Waals surface area (Å²) in [4.78, 5) is 44.6. The fourth-order valence-corrected chi connectivity index (χ4v) is 6.06. The highest BCUT2D eigenvalue weighted by molar-refractivity contribution is 6.24. The van der Waals surface area contributed by atoms with E-state index in [1.54, 1.807) is 20.2 Å². The number of anilines is 1. The first-order chi connectivity index (χ1) is 17.2. The topological polar surface area (TPSA) is 168 Å². The van der Waals surface area contributed by atoms with Crippen LogP contribution in [-0.2, 0) is 20.8 Å². The summed E-state index contributed by atoms with van der Waals surface area (Å²) in [5.41, 5.74) is 3.23. The van der Waals surface area contributed by atoms with Crippen LogP contribution in [0.25, 0.3) is 5.76 Å². The van der Waals surface area contributed by atoms with Gasteiger partial charge in [-0.25, -0.2) is 0 Å². The number of carbonyl (C=O) groups is 3. The first kappa shape index (κ1) is 26.6. The van der Waals surface area contributed by atoms with E-state index in [2.05, 4.69) is 0 Å². The molecule has 3 aliphatic carbocycles. The number of phenols is 1. The number of fused-ring (bicyclic) bond motifs is 3. The monoisotopic (exact) mass is 514 g/mol. The lowest BCUT2D eigenvalue weighted by molar-refractivity contribution is -0.153. The Kier molecular flexibility index (Phi) is 6.60. The molecule has 3 aliphatic rings. The van der Waals surface area contributed by atoms with Crippen molar-refractivity contribution in [3.8, 4) is 5.75 Å². The number of likely N-dealkylation sites (N-methyl/N-ethyl adjacent to an activating group) is 3. The van der Waals surface area contributed by atoms with E-state index in [-0.39, 0.29) is 29.7 Å². The van der Waals surface area contributed by atoms with Crippen LogP contribution in [-0.4, -0.2) is 108 Å². The Hall–Kier alpha value is -3.41. The summed E-state index contributed by atoms with van der Waals surface area (Å²) in [5, 5.41) is 44.5. The second-order valence-electron chi connectivity index (χ2n) is 10.6. The first-order valence-electron chi connectivity index (χ1n) is 12.1. The van der Waals surface area contributed by atoms with E-state index >= 15 is 0 Å². The molecular weight excluding hydrogens is 480 g/mol. The Morgan fingerprint density at radius 1 is 1.08 bits per heavy atom. The lowest BCUT2D eigenvalue weighted by Crippen LogP contribution is -2.65. The van der Waals surface area contributed by atoms with Gasteiger partial charge in [-0.05, 0) is 64.6 Å². The minimum Gasteiger partial charge on any atom is -0.508 e. The summed E-state index contributed by atoms with van der Waals surface area (Å²) in [6.07, 6.45) is 0.312. The number of ketones is 2. The fraction of sp³-hybridized carbons (Fsp3) is 0.500. The Bertz CT molecular complexity index is 1250. The van der Waals surface area contributed by atoms with Crippen LogP contribution in [0.15, 0.2) is 29.0 Å². The highest BCUT2D eigenvalue weighted by Crippen LogP contribution is 2.53. The third-order valence-corrected chi connectivity index (χ3v) is 7.87. The van der Waals surface area contributed by atoms with E-state index in [0.29, 0.717) is 12.1 Å². The molecule has 0 bridgehead atoms. The molecule has 4 atom stereocenters. The van der Waals surface area contributed by atoms with Gasteiger partial charge in [0.2, 0.25) is 5.78 Å². The molecule has 11 nitrogen and oxygen atoms in total. The zero-order chi connectivity index (χ0) is 27.6. The molecule has 0 spiro atoms. The third kappa shape index (κ3) is 3.89. The number of hydrogen-bond donors (Lipinski definition) is 5. The molecule has 1 aromatic carbocycles. The van der Waals surface area contributed by atoms with Crippen molar-refractivity contribution in [3.05, 3.63) is 40.2 Å². The van der Waals surface area contributed by atoms with Gasteiger partial charge in [0.1, 0.15) is 22.8 Å². The average molecular weight is 515 g/mol. The van der Waals surface area contributed by atoms with E-state index < -0.39 is 58.0 Å². The van der Waals surface area contributed by atoms with Gasteiger partial charge in [-0.2, -0.15) is 0 Å². The van der Waals surface area contributed by atoms with Crippen LogP contribution in [0.5, 0.6) is 5.75 Å². The van der Waals surface area contributed by atoms with Gasteiger partial charge in [0.25, 0.3) is 5.91 Å². The molecule has 1 aromatic rings. The van der Waals surface area contributed by atoms with Crippen molar-refractivity contribution in [3.63, 3.8) is 0 Å². The summed E-state index contributed by atoms with van der Waals surface area (Å²) >= 11 is 0. The van der Waals surface area contributed by atoms with Gasteiger partial charge in [-0.15, -0.1) is 0 Å². The quantitative estimate of drug-likeness (QED) is 0.325. The van der Waals surface area contributed by atoms with E-state index in [0.717, 1.165) is 12.2 Å². The van der Waals surface area contributed by atoms with E-state index in [4.69, 9.17) is 5.73 Å². The van der Waals surface area contributed by atoms with Gasteiger partial charge < -0.3 is 36.0 Å². The summed E-state index contributed by atoms with van der Waals surface area (Å²) in [5.74, 6) is -6.56. The molecular formula is C26H34N4O7. The Balaban J connectivity index is 1.90. The maximum Gasteiger partial charge on any atom is 0.255 e. The summed E-state index contributed by atoms with van der Waals surface area (Å²) in [6.45, 7) is 1.43. The van der Waals surface area contributed by atoms with Crippen molar-refractivity contribution in [2.24, 2.45) is 17.6 Å². The number of phenolic OH excluding ortho intramolecular Hbond substituents is 1. The summed E-state index contributed by atoms with van der Waals surface area (Å²) in [6, 6.07) is 2.08. The van der Waals surface area contributed by atoms with E-state index in [9.17, 15) is 34.8 Å². The Morgan fingerprint density at radius 3 is 2.30 bits per heavy atom. The van der Waals surface area contributed by atoms with Crippen LogP contribution in [0, 0.1) is 11.8 Å². The molecule has 200 valence electrons. The summed E-state index contributed by atoms with van der Waals surface area (Å²) in [7, 11) is 8.95. The van der Waals surface area contributed by atoms with Crippen LogP contribution >= 0.6 is 0 Å². The lowest BCUT2D eigenvalue weighted by atomic mass is 9.57. The third-order valence-electron chi connectivity index (χ3n) is 7.87. The molecule has 1 unspecified atom stereocenters. The van der Waals surface area contributed by atoms with Crippen molar-refractivity contribution < 1.29 is 34.8 Å². The maximum absolute atomic E-state index is 13.9. The van der Waals surface area contributed by atoms with Gasteiger partial charge >= 0.3 is 0 Å². The Morgan fingerprint density at radius 2 is 1.73 bits per heavy atom. The Labute approximate surface area is 215 Å². The van der Waals surface area contributed by atoms with E-state index in [1.807, 2.05) is 30.9 Å². The average Bonchev–Trinajstić information content (AvgIpc) is 2.79. The van der Waals surface area contributed by atoms with Crippen molar-refractivity contribution in [2.75, 3.05) is 53.2 Å². The van der Waals surface area contributed by atoms with Crippen LogP contribution in [0.1, 0.15) is 17.5 Å². The molecule has 0 saturated heterocycles. The van der Waals surface area contributed by atoms with Gasteiger partial charge in [-0.3, -0.25) is 19.3 Å². The number of benzene rings is 1.